The topological polar surface area (TPSA) is 53.3 Å². The highest BCUT2D eigenvalue weighted by Crippen LogP contribution is 2.36. The van der Waals surface area contributed by atoms with Crippen LogP contribution in [0, 0.1) is 0 Å². The van der Waals surface area contributed by atoms with Crippen LogP contribution in [0.2, 0.25) is 0 Å². The van der Waals surface area contributed by atoms with Gasteiger partial charge in [0.15, 0.2) is 0 Å². The molecule has 0 amide bonds. The Morgan fingerprint density at radius 2 is 1.45 bits per heavy atom. The Morgan fingerprint density at radius 1 is 0.810 bits per heavy atom. The Morgan fingerprint density at radius 3 is 2.14 bits per heavy atom. The molecule has 1 heterocycles. The normalized spacial score (nSPS) is 14.2. The molecule has 3 aromatic rings. The van der Waals surface area contributed by atoms with E-state index >= 15 is 0 Å². The Labute approximate surface area is 253 Å². The highest BCUT2D eigenvalue weighted by molar-refractivity contribution is 5.70. The third-order valence-electron chi connectivity index (χ3n) is 8.62. The van der Waals surface area contributed by atoms with Gasteiger partial charge in [-0.15, -0.1) is 0 Å². The number of nitrogens with two attached hydrogens (primary N) is 1. The van der Waals surface area contributed by atoms with Crippen LogP contribution < -0.4 is 16.4 Å². The van der Waals surface area contributed by atoms with Gasteiger partial charge in [-0.25, -0.2) is 0 Å². The highest BCUT2D eigenvalue weighted by Gasteiger charge is 2.30. The lowest BCUT2D eigenvalue weighted by molar-refractivity contribution is 0.381. The first kappa shape index (κ1) is 29.7. The third-order valence-corrected chi connectivity index (χ3v) is 8.62. The van der Waals surface area contributed by atoms with Crippen molar-refractivity contribution in [1.29, 1.82) is 0 Å². The van der Waals surface area contributed by atoms with E-state index in [0.717, 1.165) is 61.6 Å². The highest BCUT2D eigenvalue weighted by atomic mass is 15.2. The van der Waals surface area contributed by atoms with Gasteiger partial charge in [0.05, 0.1) is 0 Å². The average Bonchev–Trinajstić information content (AvgIpc) is 3.86. The molecule has 1 aliphatic heterocycles. The maximum absolute atomic E-state index is 5.57. The van der Waals surface area contributed by atoms with Crippen LogP contribution in [0.15, 0.2) is 92.2 Å². The predicted molar refractivity (Wildman–Crippen MR) is 181 cm³/mol. The van der Waals surface area contributed by atoms with Gasteiger partial charge in [0.2, 0.25) is 0 Å². The molecule has 0 saturated heterocycles. The van der Waals surface area contributed by atoms with E-state index in [1.165, 1.54) is 78.5 Å². The predicted octanol–water partition coefficient (Wildman–Crippen LogP) is 8.72. The fourth-order valence-electron chi connectivity index (χ4n) is 5.82. The van der Waals surface area contributed by atoms with Crippen LogP contribution in [0.4, 0.5) is 5.69 Å². The van der Waals surface area contributed by atoms with Crippen LogP contribution in [-0.4, -0.2) is 24.0 Å². The van der Waals surface area contributed by atoms with Crippen molar-refractivity contribution in [1.82, 2.24) is 10.2 Å². The molecule has 4 nitrogen and oxygen atoms in total. The molecule has 4 N–H and O–H groups in total. The van der Waals surface area contributed by atoms with Crippen molar-refractivity contribution >= 4 is 17.1 Å². The van der Waals surface area contributed by atoms with Gasteiger partial charge in [-0.05, 0) is 90.6 Å². The largest absolute Gasteiger partial charge is 0.385 e. The molecule has 4 heteroatoms. The molecule has 220 valence electrons. The molecular weight excluding hydrogens is 512 g/mol. The number of benzene rings is 3. The molecule has 0 aromatic heterocycles. The van der Waals surface area contributed by atoms with Gasteiger partial charge in [-0.2, -0.15) is 0 Å². The fraction of sp³-hybridized carbons (Fsp3) is 0.368. The van der Waals surface area contributed by atoms with E-state index < -0.39 is 0 Å². The molecule has 0 unspecified atom stereocenters. The quantitative estimate of drug-likeness (QED) is 0.153. The summed E-state index contributed by atoms with van der Waals surface area (Å²) in [7, 11) is 0. The number of rotatable bonds is 16. The van der Waals surface area contributed by atoms with Crippen LogP contribution in [0.3, 0.4) is 0 Å². The van der Waals surface area contributed by atoms with E-state index in [-0.39, 0.29) is 0 Å². The zero-order valence-corrected chi connectivity index (χ0v) is 25.3. The van der Waals surface area contributed by atoms with Gasteiger partial charge in [-0.1, -0.05) is 100 Å². The van der Waals surface area contributed by atoms with E-state index in [1.807, 2.05) is 0 Å². The summed E-state index contributed by atoms with van der Waals surface area (Å²) in [5.41, 5.74) is 17.5. The summed E-state index contributed by atoms with van der Waals surface area (Å²) in [6.07, 6.45) is 11.9. The number of allylic oxidation sites excluding steroid dienone is 1. The summed E-state index contributed by atoms with van der Waals surface area (Å²) in [4.78, 5) is 2.50. The molecule has 1 aliphatic carbocycles. The van der Waals surface area contributed by atoms with Crippen molar-refractivity contribution in [3.05, 3.63) is 114 Å². The van der Waals surface area contributed by atoms with Crippen molar-refractivity contribution in [2.24, 2.45) is 5.73 Å². The number of hydrogen-bond donors (Lipinski definition) is 3. The fourth-order valence-corrected chi connectivity index (χ4v) is 5.82. The van der Waals surface area contributed by atoms with E-state index in [1.54, 1.807) is 0 Å². The van der Waals surface area contributed by atoms with Crippen LogP contribution >= 0.6 is 0 Å². The van der Waals surface area contributed by atoms with Crippen molar-refractivity contribution in [3.63, 3.8) is 0 Å². The van der Waals surface area contributed by atoms with Crippen LogP contribution in [0.5, 0.6) is 0 Å². The summed E-state index contributed by atoms with van der Waals surface area (Å²) in [6, 6.07) is 25.1. The number of aryl methyl sites for hydroxylation is 1. The summed E-state index contributed by atoms with van der Waals surface area (Å²) >= 11 is 0. The van der Waals surface area contributed by atoms with Crippen LogP contribution in [0.25, 0.3) is 22.5 Å². The van der Waals surface area contributed by atoms with Crippen molar-refractivity contribution < 1.29 is 0 Å². The summed E-state index contributed by atoms with van der Waals surface area (Å²) < 4.78 is 0. The minimum atomic E-state index is 0.585. The molecule has 0 spiro atoms. The number of unbranched alkanes of at least 4 members (excludes halogenated alkanes) is 5. The smallest absolute Gasteiger partial charge is 0.0432 e. The van der Waals surface area contributed by atoms with Gasteiger partial charge in [0.25, 0.3) is 0 Å². The summed E-state index contributed by atoms with van der Waals surface area (Å²) in [6.45, 7) is 15.6. The standard InChI is InChI=1S/C38H48N4/c1-28-10-13-36-26-35(20-23-38(36)41-28)30(3)42(37-21-22-37)27-31-11-14-33(15-12-31)34-18-16-32(17-19-34)29(2)40-25-9-7-5-4-6-8-24-39/h11-12,14-20,23,26,37,40-41H,1-10,13,21-22,24-25,27,39H2. The maximum atomic E-state index is 5.57. The number of fused-ring (bicyclic) bond motifs is 1. The van der Waals surface area contributed by atoms with Crippen molar-refractivity contribution in [2.75, 3.05) is 18.4 Å². The Kier molecular flexibility index (Phi) is 10.2. The molecule has 0 bridgehead atoms. The minimum Gasteiger partial charge on any atom is -0.385 e. The minimum absolute atomic E-state index is 0.585. The summed E-state index contributed by atoms with van der Waals surface area (Å²) in [5.74, 6) is 0. The number of nitrogens with one attached hydrogen (secondary N) is 2. The monoisotopic (exact) mass is 560 g/mol. The second-order valence-electron chi connectivity index (χ2n) is 12.0. The molecule has 5 rings (SSSR count). The Bertz CT molecular complexity index is 1370. The third kappa shape index (κ3) is 7.95. The maximum Gasteiger partial charge on any atom is 0.0432 e. The first-order valence-electron chi connectivity index (χ1n) is 15.9. The second-order valence-corrected chi connectivity index (χ2v) is 12.0. The first-order chi connectivity index (χ1) is 20.5. The first-order valence-corrected chi connectivity index (χ1v) is 15.9. The second kappa shape index (κ2) is 14.4. The number of anilines is 1. The zero-order chi connectivity index (χ0) is 29.3. The SMILES string of the molecule is C=C1CCc2cc(C(=C)N(Cc3ccc(-c4ccc(C(=C)NCCCCCCCCN)cc4)cc3)C3CC3)ccc2N1. The molecule has 3 aromatic carbocycles. The number of nitrogens with zero attached hydrogens (tertiary/aromatic N) is 1. The van der Waals surface area contributed by atoms with Gasteiger partial charge < -0.3 is 21.3 Å². The molecule has 0 atom stereocenters. The Hall–Kier alpha value is -3.76. The van der Waals surface area contributed by atoms with E-state index in [0.29, 0.717) is 6.04 Å². The molecule has 0 radical (unpaired) electrons. The zero-order valence-electron chi connectivity index (χ0n) is 25.3. The van der Waals surface area contributed by atoms with Gasteiger partial charge in [0.1, 0.15) is 0 Å². The average molecular weight is 561 g/mol. The lowest BCUT2D eigenvalue weighted by Crippen LogP contribution is -2.23. The van der Waals surface area contributed by atoms with Gasteiger partial charge in [-0.3, -0.25) is 0 Å². The molecule has 1 saturated carbocycles. The van der Waals surface area contributed by atoms with E-state index in [9.17, 15) is 0 Å². The summed E-state index contributed by atoms with van der Waals surface area (Å²) in [5, 5.41) is 6.93. The van der Waals surface area contributed by atoms with Crippen molar-refractivity contribution in [3.8, 4) is 11.1 Å². The lowest BCUT2D eigenvalue weighted by Gasteiger charge is -2.28. The molecule has 1 fully saturated rings. The lowest BCUT2D eigenvalue weighted by atomic mass is 9.98. The van der Waals surface area contributed by atoms with Crippen LogP contribution in [0.1, 0.15) is 80.0 Å². The molecule has 2 aliphatic rings. The molecular formula is C38H48N4. The van der Waals surface area contributed by atoms with Crippen molar-refractivity contribution in [2.45, 2.75) is 76.8 Å². The van der Waals surface area contributed by atoms with Gasteiger partial charge >= 0.3 is 0 Å². The van der Waals surface area contributed by atoms with E-state index in [2.05, 4.69) is 102 Å². The van der Waals surface area contributed by atoms with E-state index in [4.69, 9.17) is 5.73 Å². The van der Waals surface area contributed by atoms with Crippen LogP contribution in [-0.2, 0) is 13.0 Å². The van der Waals surface area contributed by atoms with Gasteiger partial charge in [0, 0.05) is 41.9 Å². The molecule has 42 heavy (non-hydrogen) atoms. The number of hydrogen-bond acceptors (Lipinski definition) is 4. The Balaban J connectivity index is 1.14.